The number of ether oxygens (including phenoxy) is 2. The number of hydrogen-bond acceptors (Lipinski definition) is 6. The minimum Gasteiger partial charge on any atom is -0.490 e. The molecule has 0 aromatic heterocycles. The van der Waals surface area contributed by atoms with Gasteiger partial charge >= 0.3 is 0 Å². The number of rotatable bonds is 13. The van der Waals surface area contributed by atoms with Crippen LogP contribution in [-0.2, 0) is 21.4 Å². The van der Waals surface area contributed by atoms with Crippen LogP contribution >= 0.6 is 27.5 Å². The van der Waals surface area contributed by atoms with Gasteiger partial charge in [0.05, 0.1) is 30.9 Å². The summed E-state index contributed by atoms with van der Waals surface area (Å²) in [5.41, 5.74) is 3.77. The van der Waals surface area contributed by atoms with Gasteiger partial charge in [0.15, 0.2) is 11.5 Å². The molecular weight excluding hydrogens is 594 g/mol. The Hall–Kier alpha value is -2.92. The van der Waals surface area contributed by atoms with Crippen molar-refractivity contribution in [1.29, 1.82) is 0 Å². The summed E-state index contributed by atoms with van der Waals surface area (Å²) >= 11 is 9.28. The largest absolute Gasteiger partial charge is 0.490 e. The third-order valence-electron chi connectivity index (χ3n) is 5.18. The van der Waals surface area contributed by atoms with Crippen molar-refractivity contribution in [3.63, 3.8) is 0 Å². The molecule has 3 rings (SSSR count). The van der Waals surface area contributed by atoms with Crippen LogP contribution in [0.5, 0.6) is 11.5 Å². The smallest absolute Gasteiger partial charge is 0.255 e. The van der Waals surface area contributed by atoms with Crippen LogP contribution in [0.4, 0.5) is 0 Å². The molecule has 0 aliphatic heterocycles. The number of amides is 1. The Kier molecular flexibility index (Phi) is 11.1. The van der Waals surface area contributed by atoms with E-state index < -0.39 is 22.5 Å². The third kappa shape index (κ3) is 8.56. The quantitative estimate of drug-likeness (QED) is 0.197. The van der Waals surface area contributed by atoms with Gasteiger partial charge in [0, 0.05) is 16.0 Å². The molecule has 0 atom stereocenters. The first kappa shape index (κ1) is 29.6. The lowest BCUT2D eigenvalue weighted by atomic mass is 10.2. The highest BCUT2D eigenvalue weighted by Gasteiger charge is 2.27. The molecule has 11 heteroatoms. The summed E-state index contributed by atoms with van der Waals surface area (Å²) in [5, 5.41) is 4.53. The van der Waals surface area contributed by atoms with E-state index in [-0.39, 0.29) is 11.4 Å². The van der Waals surface area contributed by atoms with Gasteiger partial charge in [-0.25, -0.2) is 13.8 Å². The Morgan fingerprint density at radius 2 is 1.74 bits per heavy atom. The molecule has 0 saturated heterocycles. The molecule has 0 heterocycles. The molecule has 202 valence electrons. The molecule has 0 saturated carbocycles. The number of hydrazone groups is 1. The van der Waals surface area contributed by atoms with Crippen LogP contribution in [0.2, 0.25) is 5.02 Å². The van der Waals surface area contributed by atoms with E-state index in [0.29, 0.717) is 40.9 Å². The van der Waals surface area contributed by atoms with Crippen molar-refractivity contribution in [2.45, 2.75) is 31.7 Å². The standard InChI is InChI=1S/C27H29BrClN3O5S/c1-3-15-37-25-14-7-21(16-26(25)36-4-2)17-30-31-27(33)19-32(18-20-5-10-23(29)11-6-20)38(34,35)24-12-8-22(28)9-13-24/h5-14,16-17H,3-4,15,18-19H2,1-2H3,(H,31,33)/b30-17-. The van der Waals surface area contributed by atoms with Crippen molar-refractivity contribution in [2.75, 3.05) is 19.8 Å². The van der Waals surface area contributed by atoms with Crippen molar-refractivity contribution in [3.8, 4) is 11.5 Å². The first-order valence-electron chi connectivity index (χ1n) is 11.9. The zero-order valence-electron chi connectivity index (χ0n) is 21.1. The van der Waals surface area contributed by atoms with Crippen LogP contribution in [-0.4, -0.2) is 44.6 Å². The van der Waals surface area contributed by atoms with Gasteiger partial charge in [-0.2, -0.15) is 9.41 Å². The molecule has 3 aromatic carbocycles. The second kappa shape index (κ2) is 14.3. The highest BCUT2D eigenvalue weighted by molar-refractivity contribution is 9.10. The van der Waals surface area contributed by atoms with Crippen LogP contribution in [0.15, 0.2) is 81.2 Å². The maximum Gasteiger partial charge on any atom is 0.255 e. The van der Waals surface area contributed by atoms with E-state index in [1.165, 1.54) is 18.3 Å². The van der Waals surface area contributed by atoms with Crippen LogP contribution in [0.1, 0.15) is 31.4 Å². The summed E-state index contributed by atoms with van der Waals surface area (Å²) in [5.74, 6) is 0.612. The van der Waals surface area contributed by atoms with Crippen molar-refractivity contribution >= 4 is 49.7 Å². The first-order chi connectivity index (χ1) is 18.2. The Morgan fingerprint density at radius 1 is 1.03 bits per heavy atom. The molecule has 8 nitrogen and oxygen atoms in total. The number of carbonyl (C=O) groups is 1. The lowest BCUT2D eigenvalue weighted by Gasteiger charge is -2.21. The summed E-state index contributed by atoms with van der Waals surface area (Å²) in [6.45, 7) is 4.47. The maximum atomic E-state index is 13.4. The Balaban J connectivity index is 1.75. The molecule has 38 heavy (non-hydrogen) atoms. The monoisotopic (exact) mass is 621 g/mol. The Labute approximate surface area is 236 Å². The lowest BCUT2D eigenvalue weighted by Crippen LogP contribution is -2.39. The predicted octanol–water partition coefficient (Wildman–Crippen LogP) is 5.63. The average Bonchev–Trinajstić information content (AvgIpc) is 2.89. The minimum absolute atomic E-state index is 0.0242. The molecule has 0 radical (unpaired) electrons. The summed E-state index contributed by atoms with van der Waals surface area (Å²) < 4.78 is 40.0. The second-order valence-electron chi connectivity index (χ2n) is 8.13. The molecular formula is C27H29BrClN3O5S. The van der Waals surface area contributed by atoms with Gasteiger partial charge < -0.3 is 9.47 Å². The summed E-state index contributed by atoms with van der Waals surface area (Å²) in [6, 6.07) is 18.3. The number of sulfonamides is 1. The zero-order valence-corrected chi connectivity index (χ0v) is 24.2. The Morgan fingerprint density at radius 3 is 2.39 bits per heavy atom. The Bertz CT molecular complexity index is 1350. The third-order valence-corrected chi connectivity index (χ3v) is 7.76. The number of nitrogens with one attached hydrogen (secondary N) is 1. The van der Waals surface area contributed by atoms with Crippen molar-refractivity contribution in [1.82, 2.24) is 9.73 Å². The van der Waals surface area contributed by atoms with Crippen LogP contribution in [0.25, 0.3) is 0 Å². The van der Waals surface area contributed by atoms with Gasteiger partial charge in [-0.15, -0.1) is 0 Å². The number of hydrogen-bond donors (Lipinski definition) is 1. The fourth-order valence-corrected chi connectivity index (χ4v) is 5.13. The molecule has 0 aliphatic carbocycles. The summed E-state index contributed by atoms with van der Waals surface area (Å²) in [7, 11) is -3.99. The normalized spacial score (nSPS) is 11.6. The van der Waals surface area contributed by atoms with Gasteiger partial charge in [-0.1, -0.05) is 46.6 Å². The first-order valence-corrected chi connectivity index (χ1v) is 14.6. The molecule has 3 aromatic rings. The van der Waals surface area contributed by atoms with E-state index in [2.05, 4.69) is 26.5 Å². The predicted molar refractivity (Wildman–Crippen MR) is 152 cm³/mol. The molecule has 0 bridgehead atoms. The van der Waals surface area contributed by atoms with E-state index in [0.717, 1.165) is 15.2 Å². The van der Waals surface area contributed by atoms with E-state index in [9.17, 15) is 13.2 Å². The van der Waals surface area contributed by atoms with Gasteiger partial charge in [0.2, 0.25) is 10.0 Å². The molecule has 0 fully saturated rings. The summed E-state index contributed by atoms with van der Waals surface area (Å²) in [6.07, 6.45) is 2.32. The van der Waals surface area contributed by atoms with E-state index >= 15 is 0 Å². The van der Waals surface area contributed by atoms with Crippen LogP contribution in [0, 0.1) is 0 Å². The molecule has 0 unspecified atom stereocenters. The average molecular weight is 623 g/mol. The lowest BCUT2D eigenvalue weighted by molar-refractivity contribution is -0.121. The summed E-state index contributed by atoms with van der Waals surface area (Å²) in [4.78, 5) is 12.8. The topological polar surface area (TPSA) is 97.3 Å². The fourth-order valence-electron chi connectivity index (χ4n) is 3.35. The second-order valence-corrected chi connectivity index (χ2v) is 11.4. The molecule has 0 aliphatic rings. The van der Waals surface area contributed by atoms with Crippen molar-refractivity contribution < 1.29 is 22.7 Å². The number of halogens is 2. The highest BCUT2D eigenvalue weighted by atomic mass is 79.9. The SMILES string of the molecule is CCCOc1ccc(/C=N\NC(=O)CN(Cc2ccc(Cl)cc2)S(=O)(=O)c2ccc(Br)cc2)cc1OCC. The van der Waals surface area contributed by atoms with Crippen molar-refractivity contribution in [2.24, 2.45) is 5.10 Å². The number of carbonyl (C=O) groups excluding carboxylic acids is 1. The molecule has 0 spiro atoms. The van der Waals surface area contributed by atoms with E-state index in [1.54, 1.807) is 54.6 Å². The zero-order chi connectivity index (χ0) is 27.5. The molecule has 1 amide bonds. The van der Waals surface area contributed by atoms with Crippen LogP contribution < -0.4 is 14.9 Å². The number of nitrogens with zero attached hydrogens (tertiary/aromatic N) is 2. The van der Waals surface area contributed by atoms with Gasteiger partial charge in [0.1, 0.15) is 0 Å². The van der Waals surface area contributed by atoms with Crippen molar-refractivity contribution in [3.05, 3.63) is 87.4 Å². The van der Waals surface area contributed by atoms with Crippen LogP contribution in [0.3, 0.4) is 0 Å². The van der Waals surface area contributed by atoms with Gasteiger partial charge in [-0.3, -0.25) is 4.79 Å². The van der Waals surface area contributed by atoms with Gasteiger partial charge in [0.25, 0.3) is 5.91 Å². The fraction of sp³-hybridized carbons (Fsp3) is 0.259. The minimum atomic E-state index is -3.99. The number of benzene rings is 3. The van der Waals surface area contributed by atoms with Gasteiger partial charge in [-0.05, 0) is 79.1 Å². The highest BCUT2D eigenvalue weighted by Crippen LogP contribution is 2.28. The molecule has 1 N–H and O–H groups in total. The maximum absolute atomic E-state index is 13.4. The van der Waals surface area contributed by atoms with E-state index in [4.69, 9.17) is 21.1 Å². The van der Waals surface area contributed by atoms with E-state index in [1.807, 2.05) is 13.8 Å².